The second-order valence-corrected chi connectivity index (χ2v) is 83.6. The molecule has 1 atom stereocenters. The van der Waals surface area contributed by atoms with E-state index in [2.05, 4.69) is 85.5 Å². The van der Waals surface area contributed by atoms with E-state index in [1.54, 1.807) is 5.56 Å². The van der Waals surface area contributed by atoms with Crippen molar-refractivity contribution in [3.05, 3.63) is 35.4 Å². The van der Waals surface area contributed by atoms with E-state index in [1.165, 1.54) is 5.56 Å². The van der Waals surface area contributed by atoms with Crippen molar-refractivity contribution in [3.63, 3.8) is 0 Å². The van der Waals surface area contributed by atoms with Crippen molar-refractivity contribution >= 4 is 62.4 Å². The molecule has 0 saturated heterocycles. The summed E-state index contributed by atoms with van der Waals surface area (Å²) in [5.41, 5.74) is 3.05. The van der Waals surface area contributed by atoms with Gasteiger partial charge >= 0.3 is 114 Å². The molecular weight excluding hydrogens is 610 g/mol. The van der Waals surface area contributed by atoms with Crippen molar-refractivity contribution in [1.82, 2.24) is 5.32 Å². The molecule has 0 amide bonds. The topological polar surface area (TPSA) is 12.0 Å². The molecule has 1 aliphatic rings. The summed E-state index contributed by atoms with van der Waals surface area (Å²) in [6.07, 6.45) is 0. The second-order valence-electron chi connectivity index (χ2n) is 3.05. The van der Waals surface area contributed by atoms with Gasteiger partial charge in [-0.2, -0.15) is 0 Å². The van der Waals surface area contributed by atoms with Crippen molar-refractivity contribution in [3.8, 4) is 0 Å². The summed E-state index contributed by atoms with van der Waals surface area (Å²) in [5.74, 6) is 0. The van der Waals surface area contributed by atoms with Gasteiger partial charge in [-0.15, -0.1) is 0 Å². The summed E-state index contributed by atoms with van der Waals surface area (Å²) in [7, 11) is 0. The summed E-state index contributed by atoms with van der Waals surface area (Å²) in [5, 5.41) is 3.63. The number of nitrogens with one attached hydrogen (secondary N) is 1. The molecule has 1 nitrogen and oxygen atoms in total. The molecule has 1 unspecified atom stereocenters. The molecule has 0 aromatic heterocycles. The number of hydrogen-bond donors (Lipinski definition) is 1. The van der Waals surface area contributed by atoms with E-state index in [0.29, 0.717) is 4.06 Å². The van der Waals surface area contributed by atoms with E-state index in [4.69, 9.17) is 0 Å². The molecule has 1 N–H and O–H groups in total. The molecule has 5 heteroatoms. The van der Waals surface area contributed by atoms with Gasteiger partial charge in [0, 0.05) is 0 Å². The summed E-state index contributed by atoms with van der Waals surface area (Å²) in [6.45, 7) is -0.829. The van der Waals surface area contributed by atoms with Crippen LogP contribution in [0.25, 0.3) is 0 Å². The Morgan fingerprint density at radius 1 is 1.23 bits per heavy atom. The Hall–Kier alpha value is 2.17. The first-order chi connectivity index (χ1) is 6.09. The summed E-state index contributed by atoms with van der Waals surface area (Å²) in [4.78, 5) is 0. The Balaban J connectivity index is 2.39. The van der Waals surface area contributed by atoms with Crippen molar-refractivity contribution < 1.29 is 0 Å². The summed E-state index contributed by atoms with van der Waals surface area (Å²) in [6, 6.07) is 8.81. The van der Waals surface area contributed by atoms with Crippen LogP contribution in [0.2, 0.25) is 0 Å². The molecule has 1 aliphatic heterocycles. The van der Waals surface area contributed by atoms with Crippen LogP contribution in [0.4, 0.5) is 0 Å². The standard InChI is InChI=1S/C8H8N.3HI.Sn/c1-2-4-8-6-9-5-7(8)3-1;;;;/h1-5,9H,6H2;3*1H;/q;;;;+3/p-3. The average molecular weight is 618 g/mol. The second kappa shape index (κ2) is 4.58. The van der Waals surface area contributed by atoms with Gasteiger partial charge in [-0.3, -0.25) is 0 Å². The molecule has 0 fully saturated rings. The van der Waals surface area contributed by atoms with Crippen molar-refractivity contribution in [2.75, 3.05) is 0 Å². The molecule has 1 aromatic carbocycles. The van der Waals surface area contributed by atoms with Crippen LogP contribution in [0.1, 0.15) is 15.2 Å². The SMILES string of the molecule is [I][Sn]([I])([I])[CH]1NCc2ccccc21. The van der Waals surface area contributed by atoms with Crippen LogP contribution in [-0.4, -0.2) is 6.47 Å². The predicted octanol–water partition coefficient (Wildman–Crippen LogP) is 3.61. The molecule has 0 aliphatic carbocycles. The van der Waals surface area contributed by atoms with Crippen molar-refractivity contribution in [2.24, 2.45) is 0 Å². The van der Waals surface area contributed by atoms with Crippen LogP contribution >= 0.6 is 55.9 Å². The first-order valence-corrected chi connectivity index (χ1v) is 30.6. The van der Waals surface area contributed by atoms with Gasteiger partial charge in [-0.25, -0.2) is 0 Å². The van der Waals surface area contributed by atoms with Crippen LogP contribution in [-0.2, 0) is 6.54 Å². The fourth-order valence-corrected chi connectivity index (χ4v) is 15.5. The molecule has 1 heterocycles. The summed E-state index contributed by atoms with van der Waals surface area (Å²) >= 11 is 8.09. The first-order valence-electron chi connectivity index (χ1n) is 3.97. The number of fused-ring (bicyclic) bond motifs is 1. The molecule has 0 bridgehead atoms. The molecule has 0 spiro atoms. The van der Waals surface area contributed by atoms with E-state index < -0.39 is 6.47 Å². The Kier molecular flexibility index (Phi) is 4.10. The van der Waals surface area contributed by atoms with Gasteiger partial charge in [-0.1, -0.05) is 0 Å². The zero-order valence-corrected chi connectivity index (χ0v) is 16.1. The van der Waals surface area contributed by atoms with Crippen LogP contribution in [0.5, 0.6) is 0 Å². The van der Waals surface area contributed by atoms with E-state index in [-0.39, 0.29) is 0 Å². The normalized spacial score (nSPS) is 21.6. The maximum absolute atomic E-state index is 3.63. The van der Waals surface area contributed by atoms with E-state index in [9.17, 15) is 0 Å². The molecule has 2 rings (SSSR count). The van der Waals surface area contributed by atoms with Crippen LogP contribution in [0.3, 0.4) is 0 Å². The third kappa shape index (κ3) is 2.64. The maximum atomic E-state index is 3.63. The zero-order valence-electron chi connectivity index (χ0n) is 6.73. The van der Waals surface area contributed by atoms with Crippen molar-refractivity contribution in [1.29, 1.82) is 0 Å². The third-order valence-electron chi connectivity index (χ3n) is 2.19. The van der Waals surface area contributed by atoms with E-state index in [1.807, 2.05) is 0 Å². The van der Waals surface area contributed by atoms with Crippen LogP contribution in [0.15, 0.2) is 24.3 Å². The van der Waals surface area contributed by atoms with Crippen molar-refractivity contribution in [2.45, 2.75) is 10.6 Å². The Morgan fingerprint density at radius 2 is 1.92 bits per heavy atom. The monoisotopic (exact) mass is 619 g/mol. The van der Waals surface area contributed by atoms with Crippen LogP contribution in [0, 0.1) is 0 Å². The van der Waals surface area contributed by atoms with Gasteiger partial charge in [-0.05, 0) is 0 Å². The Morgan fingerprint density at radius 3 is 2.62 bits per heavy atom. The predicted molar refractivity (Wildman–Crippen MR) is 83.8 cm³/mol. The van der Waals surface area contributed by atoms with Gasteiger partial charge < -0.3 is 0 Å². The number of halogens is 3. The van der Waals surface area contributed by atoms with Gasteiger partial charge in [0.2, 0.25) is 0 Å². The molecule has 0 radical (unpaired) electrons. The van der Waals surface area contributed by atoms with Gasteiger partial charge in [0.25, 0.3) is 0 Å². The molecule has 1 aromatic rings. The number of benzene rings is 1. The quantitative estimate of drug-likeness (QED) is 0.376. The zero-order chi connectivity index (χ0) is 9.47. The third-order valence-corrected chi connectivity index (χ3v) is 18.1. The molecular formula is C8H8I3NSn. The molecule has 70 valence electrons. The fourth-order valence-electron chi connectivity index (χ4n) is 1.59. The fraction of sp³-hybridized carbons (Fsp3) is 0.250. The Labute approximate surface area is 111 Å². The van der Waals surface area contributed by atoms with E-state index in [0.717, 1.165) is 6.54 Å². The first kappa shape index (κ1) is 11.6. The van der Waals surface area contributed by atoms with Gasteiger partial charge in [0.05, 0.1) is 0 Å². The average Bonchev–Trinajstić information content (AvgIpc) is 2.45. The minimum atomic E-state index is -1.89. The minimum absolute atomic E-state index is 0.687. The Bertz CT molecular complexity index is 323. The van der Waals surface area contributed by atoms with Crippen LogP contribution < -0.4 is 5.32 Å². The molecule has 0 saturated carbocycles. The number of hydrogen-bond acceptors (Lipinski definition) is 1. The van der Waals surface area contributed by atoms with E-state index >= 15 is 0 Å². The van der Waals surface area contributed by atoms with Gasteiger partial charge in [0.15, 0.2) is 0 Å². The number of rotatable bonds is 1. The summed E-state index contributed by atoms with van der Waals surface area (Å²) < 4.78 is 0.687. The van der Waals surface area contributed by atoms with Gasteiger partial charge in [0.1, 0.15) is 0 Å². The molecule has 13 heavy (non-hydrogen) atoms.